The Hall–Kier alpha value is -3.95. The van der Waals surface area contributed by atoms with Crippen molar-refractivity contribution in [2.45, 2.75) is 25.3 Å². The fourth-order valence-electron chi connectivity index (χ4n) is 3.68. The molecule has 0 aliphatic heterocycles. The highest BCUT2D eigenvalue weighted by molar-refractivity contribution is 6.39. The van der Waals surface area contributed by atoms with Gasteiger partial charge in [-0.2, -0.15) is 0 Å². The van der Waals surface area contributed by atoms with Crippen molar-refractivity contribution >= 4 is 46.8 Å². The molecule has 0 aliphatic rings. The molecule has 9 nitrogen and oxygen atoms in total. The molecule has 3 aromatic rings. The van der Waals surface area contributed by atoms with Crippen LogP contribution in [-0.4, -0.2) is 55.4 Å². The molecule has 1 heterocycles. The van der Waals surface area contributed by atoms with Gasteiger partial charge in [0.25, 0.3) is 11.8 Å². The first-order chi connectivity index (χ1) is 18.7. The first-order valence-corrected chi connectivity index (χ1v) is 12.7. The second-order valence-electron chi connectivity index (χ2n) is 8.47. The summed E-state index contributed by atoms with van der Waals surface area (Å²) in [6, 6.07) is 14.1. The topological polar surface area (TPSA) is 124 Å². The van der Waals surface area contributed by atoms with Gasteiger partial charge in [0.1, 0.15) is 11.8 Å². The van der Waals surface area contributed by atoms with E-state index in [1.54, 1.807) is 37.6 Å². The molecular formula is C28H27Cl2N3O6. The summed E-state index contributed by atoms with van der Waals surface area (Å²) in [7, 11) is 2.74. The van der Waals surface area contributed by atoms with E-state index in [4.69, 9.17) is 32.7 Å². The highest BCUT2D eigenvalue weighted by Gasteiger charge is 2.25. The summed E-state index contributed by atoms with van der Waals surface area (Å²) in [5.74, 6) is -1.50. The largest absolute Gasteiger partial charge is 0.495 e. The third-order valence-corrected chi connectivity index (χ3v) is 6.38. The Morgan fingerprint density at radius 2 is 1.67 bits per heavy atom. The molecule has 0 fully saturated rings. The van der Waals surface area contributed by atoms with Crippen molar-refractivity contribution in [2.75, 3.05) is 20.8 Å². The average molecular weight is 572 g/mol. The maximum absolute atomic E-state index is 12.7. The Balaban J connectivity index is 1.53. The highest BCUT2D eigenvalue weighted by atomic mass is 35.5. The van der Waals surface area contributed by atoms with Crippen LogP contribution < -0.4 is 15.4 Å². The summed E-state index contributed by atoms with van der Waals surface area (Å²) in [6.07, 6.45) is 2.00. The lowest BCUT2D eigenvalue weighted by molar-refractivity contribution is -0.143. The molecule has 0 aliphatic carbocycles. The van der Waals surface area contributed by atoms with E-state index >= 15 is 0 Å². The number of Topliss-reactive ketones (excluding diaryl/α,β-unsaturated/α-hetero) is 1. The van der Waals surface area contributed by atoms with Crippen molar-refractivity contribution in [1.29, 1.82) is 0 Å². The Morgan fingerprint density at radius 1 is 0.949 bits per heavy atom. The van der Waals surface area contributed by atoms with E-state index in [2.05, 4.69) is 15.6 Å². The van der Waals surface area contributed by atoms with Gasteiger partial charge in [0.05, 0.1) is 42.6 Å². The van der Waals surface area contributed by atoms with E-state index in [1.165, 1.54) is 19.2 Å². The quantitative estimate of drug-likeness (QED) is 0.314. The Labute approximate surface area is 235 Å². The number of rotatable bonds is 12. The smallest absolute Gasteiger partial charge is 0.328 e. The molecule has 0 bridgehead atoms. The van der Waals surface area contributed by atoms with Crippen molar-refractivity contribution in [2.24, 2.45) is 0 Å². The van der Waals surface area contributed by atoms with Crippen molar-refractivity contribution in [3.05, 3.63) is 93.2 Å². The van der Waals surface area contributed by atoms with E-state index in [9.17, 15) is 19.2 Å². The molecule has 0 saturated carbocycles. The number of carbonyl (C=O) groups is 4. The van der Waals surface area contributed by atoms with Gasteiger partial charge < -0.3 is 20.1 Å². The SMILES string of the molecule is COC(=O)[C@H](CCC(=O)CNC(=O)c1cccc(Cc2ccc(OC)cn2)c1)NC(=O)c1c(Cl)cccc1Cl. The summed E-state index contributed by atoms with van der Waals surface area (Å²) in [5, 5.41) is 5.34. The maximum Gasteiger partial charge on any atom is 0.328 e. The molecule has 2 N–H and O–H groups in total. The number of ether oxygens (including phenoxy) is 2. The minimum Gasteiger partial charge on any atom is -0.495 e. The van der Waals surface area contributed by atoms with Gasteiger partial charge in [0.15, 0.2) is 5.78 Å². The van der Waals surface area contributed by atoms with E-state index in [0.29, 0.717) is 17.7 Å². The van der Waals surface area contributed by atoms with Gasteiger partial charge in [-0.3, -0.25) is 19.4 Å². The monoisotopic (exact) mass is 571 g/mol. The molecule has 204 valence electrons. The van der Waals surface area contributed by atoms with Crippen molar-refractivity contribution < 1.29 is 28.7 Å². The van der Waals surface area contributed by atoms with Gasteiger partial charge in [-0.25, -0.2) is 4.79 Å². The summed E-state index contributed by atoms with van der Waals surface area (Å²) in [6.45, 7) is -0.249. The molecular weight excluding hydrogens is 545 g/mol. The second-order valence-corrected chi connectivity index (χ2v) is 9.29. The summed E-state index contributed by atoms with van der Waals surface area (Å²) >= 11 is 12.1. The number of methoxy groups -OCH3 is 2. The molecule has 0 saturated heterocycles. The van der Waals surface area contributed by atoms with Crippen LogP contribution >= 0.6 is 23.2 Å². The van der Waals surface area contributed by atoms with Gasteiger partial charge in [0.2, 0.25) is 0 Å². The number of carbonyl (C=O) groups excluding carboxylic acids is 4. The second kappa shape index (κ2) is 14.3. The molecule has 11 heteroatoms. The third-order valence-electron chi connectivity index (χ3n) is 5.75. The number of nitrogens with one attached hydrogen (secondary N) is 2. The van der Waals surface area contributed by atoms with Crippen molar-refractivity contribution in [1.82, 2.24) is 15.6 Å². The number of ketones is 1. The lowest BCUT2D eigenvalue weighted by Crippen LogP contribution is -2.42. The maximum atomic E-state index is 12.7. The lowest BCUT2D eigenvalue weighted by atomic mass is 10.1. The lowest BCUT2D eigenvalue weighted by Gasteiger charge is -2.17. The molecule has 1 aromatic heterocycles. The molecule has 0 unspecified atom stereocenters. The predicted molar refractivity (Wildman–Crippen MR) is 146 cm³/mol. The average Bonchev–Trinajstić information content (AvgIpc) is 2.94. The number of pyridine rings is 1. The Morgan fingerprint density at radius 3 is 2.31 bits per heavy atom. The van der Waals surface area contributed by atoms with Crippen LogP contribution in [0.15, 0.2) is 60.8 Å². The van der Waals surface area contributed by atoms with E-state index in [1.807, 2.05) is 18.2 Å². The summed E-state index contributed by atoms with van der Waals surface area (Å²) < 4.78 is 9.87. The van der Waals surface area contributed by atoms with Crippen LogP contribution in [0, 0.1) is 0 Å². The normalized spacial score (nSPS) is 11.3. The molecule has 2 aromatic carbocycles. The molecule has 2 amide bonds. The van der Waals surface area contributed by atoms with E-state index < -0.39 is 23.8 Å². The van der Waals surface area contributed by atoms with Crippen LogP contribution in [0.3, 0.4) is 0 Å². The standard InChI is InChI=1S/C28H27Cl2N3O6/c1-38-21-11-9-19(31-16-21)14-17-5-3-6-18(13-17)26(35)32-15-20(34)10-12-24(28(37)39-2)33-27(36)25-22(29)7-4-8-23(25)30/h3-9,11,13,16,24H,10,12,14-15H2,1-2H3,(H,32,35)(H,33,36)/t24-/m0/s1. The number of benzene rings is 2. The highest BCUT2D eigenvalue weighted by Crippen LogP contribution is 2.24. The van der Waals surface area contributed by atoms with Crippen LogP contribution in [0.2, 0.25) is 10.0 Å². The zero-order valence-corrected chi connectivity index (χ0v) is 22.8. The van der Waals surface area contributed by atoms with Gasteiger partial charge in [0, 0.05) is 24.1 Å². The summed E-state index contributed by atoms with van der Waals surface area (Å²) in [5.41, 5.74) is 2.10. The number of nitrogens with zero attached hydrogens (tertiary/aromatic N) is 1. The molecule has 39 heavy (non-hydrogen) atoms. The first kappa shape index (κ1) is 29.6. The predicted octanol–water partition coefficient (Wildman–Crippen LogP) is 4.04. The summed E-state index contributed by atoms with van der Waals surface area (Å²) in [4.78, 5) is 54.3. The zero-order valence-electron chi connectivity index (χ0n) is 21.3. The Kier molecular flexibility index (Phi) is 10.8. The van der Waals surface area contributed by atoms with Crippen LogP contribution in [0.1, 0.15) is 44.8 Å². The van der Waals surface area contributed by atoms with Crippen LogP contribution in [0.4, 0.5) is 0 Å². The molecule has 0 spiro atoms. The van der Waals surface area contributed by atoms with Crippen molar-refractivity contribution in [3.8, 4) is 5.75 Å². The number of amides is 2. The number of hydrogen-bond donors (Lipinski definition) is 2. The van der Waals surface area contributed by atoms with Crippen LogP contribution in [0.5, 0.6) is 5.75 Å². The number of halogens is 2. The number of esters is 1. The molecule has 0 radical (unpaired) electrons. The molecule has 1 atom stereocenters. The minimum atomic E-state index is -1.11. The first-order valence-electron chi connectivity index (χ1n) is 11.9. The Bertz CT molecular complexity index is 1330. The van der Waals surface area contributed by atoms with E-state index in [0.717, 1.165) is 11.3 Å². The van der Waals surface area contributed by atoms with Gasteiger partial charge in [-0.05, 0) is 48.4 Å². The van der Waals surface area contributed by atoms with Gasteiger partial charge in [-0.1, -0.05) is 41.4 Å². The zero-order chi connectivity index (χ0) is 28.4. The van der Waals surface area contributed by atoms with Gasteiger partial charge in [-0.15, -0.1) is 0 Å². The number of hydrogen-bond acceptors (Lipinski definition) is 7. The minimum absolute atomic E-state index is 0.0123. The van der Waals surface area contributed by atoms with Crippen LogP contribution in [0.25, 0.3) is 0 Å². The fraction of sp³-hybridized carbons (Fsp3) is 0.250. The third kappa shape index (κ3) is 8.53. The fourth-order valence-corrected chi connectivity index (χ4v) is 4.25. The van der Waals surface area contributed by atoms with Gasteiger partial charge >= 0.3 is 5.97 Å². The number of aromatic nitrogens is 1. The van der Waals surface area contributed by atoms with Crippen molar-refractivity contribution in [3.63, 3.8) is 0 Å². The van der Waals surface area contributed by atoms with E-state index in [-0.39, 0.29) is 40.8 Å². The van der Waals surface area contributed by atoms with Crippen LogP contribution in [-0.2, 0) is 20.7 Å². The molecule has 3 rings (SSSR count).